The molecule has 5 heteroatoms. The highest BCUT2D eigenvalue weighted by atomic mass is 35.5. The average Bonchev–Trinajstić information content (AvgIpc) is 2.00. The van der Waals surface area contributed by atoms with Crippen molar-refractivity contribution in [3.8, 4) is 5.75 Å². The van der Waals surface area contributed by atoms with E-state index in [0.29, 0.717) is 5.56 Å². The Hall–Kier alpha value is -1.00. The Morgan fingerprint density at radius 3 is 2.46 bits per heavy atom. The van der Waals surface area contributed by atoms with Gasteiger partial charge in [0.25, 0.3) is 0 Å². The lowest BCUT2D eigenvalue weighted by Gasteiger charge is -2.10. The zero-order valence-corrected chi connectivity index (χ0v) is 7.94. The van der Waals surface area contributed by atoms with Crippen LogP contribution in [0.25, 0.3) is 0 Å². The Kier molecular flexibility index (Phi) is 3.97. The van der Waals surface area contributed by atoms with Gasteiger partial charge < -0.3 is 16.6 Å². The molecule has 13 heavy (non-hydrogen) atoms. The van der Waals surface area contributed by atoms with E-state index < -0.39 is 5.82 Å². The first-order valence-corrected chi connectivity index (χ1v) is 3.56. The molecule has 0 bridgehead atoms. The maximum atomic E-state index is 12.7. The van der Waals surface area contributed by atoms with E-state index in [1.54, 1.807) is 6.92 Å². The van der Waals surface area contributed by atoms with Crippen LogP contribution < -0.4 is 11.5 Å². The number of benzene rings is 1. The van der Waals surface area contributed by atoms with Crippen LogP contribution in [0.2, 0.25) is 0 Å². The van der Waals surface area contributed by atoms with Crippen molar-refractivity contribution in [2.45, 2.75) is 13.0 Å². The van der Waals surface area contributed by atoms with Crippen LogP contribution in [0.15, 0.2) is 12.1 Å². The lowest BCUT2D eigenvalue weighted by Crippen LogP contribution is -2.06. The molecule has 0 amide bonds. The second-order valence-corrected chi connectivity index (χ2v) is 2.69. The van der Waals surface area contributed by atoms with Gasteiger partial charge in [0.05, 0.1) is 0 Å². The Morgan fingerprint density at radius 2 is 2.00 bits per heavy atom. The predicted molar refractivity (Wildman–Crippen MR) is 52.3 cm³/mol. The van der Waals surface area contributed by atoms with E-state index in [1.165, 1.54) is 12.1 Å². The van der Waals surface area contributed by atoms with Crippen LogP contribution in [0.4, 0.5) is 10.1 Å². The summed E-state index contributed by atoms with van der Waals surface area (Å²) < 4.78 is 12.7. The van der Waals surface area contributed by atoms with Crippen molar-refractivity contribution in [1.82, 2.24) is 0 Å². The van der Waals surface area contributed by atoms with E-state index in [1.807, 2.05) is 0 Å². The van der Waals surface area contributed by atoms with Crippen LogP contribution in [0.1, 0.15) is 18.5 Å². The van der Waals surface area contributed by atoms with E-state index in [2.05, 4.69) is 0 Å². The number of nitrogens with two attached hydrogens (primary N) is 2. The molecule has 0 aliphatic rings. The molecule has 0 heterocycles. The molecule has 3 nitrogen and oxygen atoms in total. The summed E-state index contributed by atoms with van der Waals surface area (Å²) in [6, 6.07) is 2.26. The van der Waals surface area contributed by atoms with Gasteiger partial charge in [-0.05, 0) is 13.0 Å². The van der Waals surface area contributed by atoms with Gasteiger partial charge in [0, 0.05) is 11.6 Å². The van der Waals surface area contributed by atoms with E-state index >= 15 is 0 Å². The Labute approximate surface area is 82.0 Å². The van der Waals surface area contributed by atoms with Gasteiger partial charge in [-0.3, -0.25) is 0 Å². The lowest BCUT2D eigenvalue weighted by molar-refractivity contribution is 0.461. The average molecular weight is 207 g/mol. The molecule has 0 spiro atoms. The van der Waals surface area contributed by atoms with Gasteiger partial charge in [0.2, 0.25) is 0 Å². The van der Waals surface area contributed by atoms with E-state index in [4.69, 9.17) is 11.5 Å². The largest absolute Gasteiger partial charge is 0.505 e. The monoisotopic (exact) mass is 206 g/mol. The van der Waals surface area contributed by atoms with Crippen LogP contribution in [-0.2, 0) is 0 Å². The number of hydrogen-bond acceptors (Lipinski definition) is 3. The molecule has 0 aromatic heterocycles. The quantitative estimate of drug-likeness (QED) is 0.482. The summed E-state index contributed by atoms with van der Waals surface area (Å²) in [5.41, 5.74) is 10.9. The highest BCUT2D eigenvalue weighted by molar-refractivity contribution is 5.85. The zero-order valence-electron chi connectivity index (χ0n) is 7.12. The molecule has 1 atom stereocenters. The van der Waals surface area contributed by atoms with Crippen molar-refractivity contribution < 1.29 is 9.50 Å². The summed E-state index contributed by atoms with van der Waals surface area (Å²) in [6.45, 7) is 1.69. The molecule has 0 radical (unpaired) electrons. The number of halogens is 2. The van der Waals surface area contributed by atoms with E-state index in [9.17, 15) is 9.50 Å². The highest BCUT2D eigenvalue weighted by Crippen LogP contribution is 2.30. The standard InChI is InChI=1S/C8H11FN2O.ClH/c1-4(10)5-2-3-6(9)7(11)8(5)12;/h2-4,12H,10-11H2,1H3;1H/t4-;/m0./s1. The van der Waals surface area contributed by atoms with Gasteiger partial charge in [0.1, 0.15) is 17.3 Å². The van der Waals surface area contributed by atoms with Crippen molar-refractivity contribution in [2.24, 2.45) is 5.73 Å². The molecule has 0 unspecified atom stereocenters. The Bertz CT molecular complexity index is 304. The van der Waals surface area contributed by atoms with E-state index in [0.717, 1.165) is 0 Å². The molecule has 0 saturated heterocycles. The van der Waals surface area contributed by atoms with E-state index in [-0.39, 0.29) is 29.9 Å². The maximum Gasteiger partial charge on any atom is 0.149 e. The molecule has 1 aromatic rings. The molecule has 0 fully saturated rings. The minimum Gasteiger partial charge on any atom is -0.505 e. The number of nitrogen functional groups attached to an aromatic ring is 1. The van der Waals surface area contributed by atoms with Crippen LogP contribution in [-0.4, -0.2) is 5.11 Å². The molecular formula is C8H12ClFN2O. The first-order chi connectivity index (χ1) is 5.54. The molecule has 0 aliphatic heterocycles. The fourth-order valence-corrected chi connectivity index (χ4v) is 0.968. The number of phenols is 1. The fraction of sp³-hybridized carbons (Fsp3) is 0.250. The predicted octanol–water partition coefficient (Wildman–Crippen LogP) is 1.56. The topological polar surface area (TPSA) is 72.3 Å². The first-order valence-electron chi connectivity index (χ1n) is 3.56. The summed E-state index contributed by atoms with van der Waals surface area (Å²) in [5.74, 6) is -0.887. The Morgan fingerprint density at radius 1 is 1.46 bits per heavy atom. The number of rotatable bonds is 1. The molecule has 5 N–H and O–H groups in total. The van der Waals surface area contributed by atoms with Crippen LogP contribution in [0.5, 0.6) is 5.75 Å². The molecule has 1 rings (SSSR count). The summed E-state index contributed by atoms with van der Waals surface area (Å²) in [6.07, 6.45) is 0. The third kappa shape index (κ3) is 2.23. The van der Waals surface area contributed by atoms with Crippen LogP contribution in [0, 0.1) is 5.82 Å². The number of aromatic hydroxyl groups is 1. The summed E-state index contributed by atoms with van der Waals surface area (Å²) in [4.78, 5) is 0. The number of phenolic OH excluding ortho intramolecular Hbond substituents is 1. The van der Waals surface area contributed by atoms with Crippen molar-refractivity contribution in [2.75, 3.05) is 5.73 Å². The number of anilines is 1. The SMILES string of the molecule is C[C@H](N)c1ccc(F)c(N)c1O.Cl. The van der Waals surface area contributed by atoms with Crippen molar-refractivity contribution in [3.63, 3.8) is 0 Å². The lowest BCUT2D eigenvalue weighted by atomic mass is 10.1. The highest BCUT2D eigenvalue weighted by Gasteiger charge is 2.11. The van der Waals surface area contributed by atoms with Gasteiger partial charge >= 0.3 is 0 Å². The minimum atomic E-state index is -0.628. The zero-order chi connectivity index (χ0) is 9.30. The summed E-state index contributed by atoms with van der Waals surface area (Å²) >= 11 is 0. The van der Waals surface area contributed by atoms with Gasteiger partial charge in [-0.15, -0.1) is 12.4 Å². The molecule has 1 aromatic carbocycles. The number of hydrogen-bond donors (Lipinski definition) is 3. The maximum absolute atomic E-state index is 12.7. The van der Waals surface area contributed by atoms with Crippen LogP contribution in [0.3, 0.4) is 0 Å². The van der Waals surface area contributed by atoms with Gasteiger partial charge in [-0.2, -0.15) is 0 Å². The van der Waals surface area contributed by atoms with Crippen molar-refractivity contribution in [3.05, 3.63) is 23.5 Å². The van der Waals surface area contributed by atoms with Crippen molar-refractivity contribution >= 4 is 18.1 Å². The summed E-state index contributed by atoms with van der Waals surface area (Å²) in [5, 5.41) is 9.30. The van der Waals surface area contributed by atoms with Gasteiger partial charge in [-0.1, -0.05) is 6.07 Å². The third-order valence-corrected chi connectivity index (χ3v) is 1.69. The normalized spacial score (nSPS) is 11.9. The summed E-state index contributed by atoms with van der Waals surface area (Å²) in [7, 11) is 0. The first kappa shape index (κ1) is 12.0. The third-order valence-electron chi connectivity index (χ3n) is 1.69. The van der Waals surface area contributed by atoms with Gasteiger partial charge in [-0.25, -0.2) is 4.39 Å². The molecule has 74 valence electrons. The van der Waals surface area contributed by atoms with Crippen molar-refractivity contribution in [1.29, 1.82) is 0 Å². The Balaban J connectivity index is 0.00000144. The van der Waals surface area contributed by atoms with Gasteiger partial charge in [0.15, 0.2) is 0 Å². The molecule has 0 saturated carbocycles. The smallest absolute Gasteiger partial charge is 0.149 e. The second kappa shape index (κ2) is 4.30. The molecule has 0 aliphatic carbocycles. The second-order valence-electron chi connectivity index (χ2n) is 2.69. The van der Waals surface area contributed by atoms with Crippen LogP contribution >= 0.6 is 12.4 Å². The fourth-order valence-electron chi connectivity index (χ4n) is 0.968. The minimum absolute atomic E-state index is 0. The molecular weight excluding hydrogens is 195 g/mol.